The second kappa shape index (κ2) is 7.62. The summed E-state index contributed by atoms with van der Waals surface area (Å²) in [7, 11) is 0. The van der Waals surface area contributed by atoms with E-state index >= 15 is 0 Å². The van der Waals surface area contributed by atoms with E-state index in [9.17, 15) is 9.18 Å². The van der Waals surface area contributed by atoms with E-state index in [0.29, 0.717) is 16.7 Å². The number of aromatic amines is 1. The van der Waals surface area contributed by atoms with Crippen LogP contribution in [0, 0.1) is 5.82 Å². The third-order valence-corrected chi connectivity index (χ3v) is 7.13. The molecule has 0 fully saturated rings. The van der Waals surface area contributed by atoms with E-state index in [1.165, 1.54) is 30.2 Å². The Balaban J connectivity index is 1.50. The Kier molecular flexibility index (Phi) is 4.80. The summed E-state index contributed by atoms with van der Waals surface area (Å²) in [4.78, 5) is 29.7. The van der Waals surface area contributed by atoms with Gasteiger partial charge < -0.3 is 4.98 Å². The molecule has 3 aromatic heterocycles. The Bertz CT molecular complexity index is 1430. The molecule has 8 heteroatoms. The Morgan fingerprint density at radius 3 is 2.70 bits per heavy atom. The maximum absolute atomic E-state index is 13.2. The molecule has 5 rings (SSSR count). The molecule has 0 bridgehead atoms. The minimum Gasteiger partial charge on any atom is -0.309 e. The van der Waals surface area contributed by atoms with Crippen molar-refractivity contribution in [1.82, 2.24) is 19.9 Å². The summed E-state index contributed by atoms with van der Waals surface area (Å²) in [5.74, 6) is 0.340. The molecule has 0 saturated heterocycles. The van der Waals surface area contributed by atoms with Crippen LogP contribution < -0.4 is 5.56 Å². The minimum atomic E-state index is -0.262. The number of H-pyrrole nitrogens is 1. The molecule has 0 aliphatic heterocycles. The Labute approximate surface area is 179 Å². The molecule has 2 aromatic carbocycles. The predicted octanol–water partition coefficient (Wildman–Crippen LogP) is 5.59. The summed E-state index contributed by atoms with van der Waals surface area (Å²) in [5.41, 5.74) is 2.30. The van der Waals surface area contributed by atoms with Gasteiger partial charge >= 0.3 is 0 Å². The summed E-state index contributed by atoms with van der Waals surface area (Å²) in [6, 6.07) is 15.7. The van der Waals surface area contributed by atoms with Crippen molar-refractivity contribution in [2.45, 2.75) is 17.2 Å². The number of hydrogen-bond donors (Lipinski definition) is 1. The molecule has 0 amide bonds. The number of rotatable bonds is 4. The van der Waals surface area contributed by atoms with Gasteiger partial charge in [0.1, 0.15) is 23.0 Å². The van der Waals surface area contributed by atoms with Gasteiger partial charge in [0.2, 0.25) is 0 Å². The topological polar surface area (TPSA) is 71.5 Å². The quantitative estimate of drug-likeness (QED) is 0.295. The molecule has 5 nitrogen and oxygen atoms in total. The van der Waals surface area contributed by atoms with Gasteiger partial charge in [-0.3, -0.25) is 4.79 Å². The molecule has 0 aliphatic rings. The molecule has 0 saturated carbocycles. The maximum atomic E-state index is 13.2. The summed E-state index contributed by atoms with van der Waals surface area (Å²) in [6.07, 6.45) is 1.54. The lowest BCUT2D eigenvalue weighted by Gasteiger charge is -2.11. The first-order valence-electron chi connectivity index (χ1n) is 9.24. The highest BCUT2D eigenvalue weighted by atomic mass is 32.2. The monoisotopic (exact) mass is 434 g/mol. The Hall–Kier alpha value is -3.10. The molecule has 1 unspecified atom stereocenters. The average molecular weight is 435 g/mol. The summed E-state index contributed by atoms with van der Waals surface area (Å²) in [5, 5.41) is 1.28. The summed E-state index contributed by atoms with van der Waals surface area (Å²) in [6.45, 7) is 1.99. The highest BCUT2D eigenvalue weighted by Gasteiger charge is 2.17. The lowest BCUT2D eigenvalue weighted by Crippen LogP contribution is -2.12. The van der Waals surface area contributed by atoms with Crippen LogP contribution in [0.3, 0.4) is 0 Å². The Morgan fingerprint density at radius 2 is 1.87 bits per heavy atom. The zero-order valence-corrected chi connectivity index (χ0v) is 17.4. The first-order chi connectivity index (χ1) is 14.6. The highest BCUT2D eigenvalue weighted by molar-refractivity contribution is 7.99. The van der Waals surface area contributed by atoms with Crippen molar-refractivity contribution in [2.24, 2.45) is 0 Å². The lowest BCUT2D eigenvalue weighted by atomic mass is 10.2. The molecule has 5 aromatic rings. The van der Waals surface area contributed by atoms with Gasteiger partial charge in [0.05, 0.1) is 26.4 Å². The number of nitrogens with zero attached hydrogens (tertiary/aromatic N) is 3. The van der Waals surface area contributed by atoms with Gasteiger partial charge in [-0.1, -0.05) is 36.0 Å². The van der Waals surface area contributed by atoms with E-state index in [-0.39, 0.29) is 16.6 Å². The number of thioether (sulfide) groups is 1. The standard InChI is InChI=1S/C22H15FN4OS2/c1-12(20-26-16-5-3-2-4-15(16)21(28)27-20)29-22-19-17(24-11-25-22)10-18(30-19)13-6-8-14(23)9-7-13/h2-12H,1H3,(H,26,27,28). The van der Waals surface area contributed by atoms with Crippen molar-refractivity contribution in [3.8, 4) is 10.4 Å². The maximum Gasteiger partial charge on any atom is 0.258 e. The van der Waals surface area contributed by atoms with Gasteiger partial charge in [0, 0.05) is 4.88 Å². The van der Waals surface area contributed by atoms with Crippen LogP contribution in [0.15, 0.2) is 70.7 Å². The number of halogens is 1. The van der Waals surface area contributed by atoms with Crippen LogP contribution >= 0.6 is 23.1 Å². The third kappa shape index (κ3) is 3.48. The van der Waals surface area contributed by atoms with Crippen molar-refractivity contribution in [2.75, 3.05) is 0 Å². The zero-order chi connectivity index (χ0) is 20.7. The predicted molar refractivity (Wildman–Crippen MR) is 119 cm³/mol. The average Bonchev–Trinajstić information content (AvgIpc) is 3.19. The number of benzene rings is 2. The van der Waals surface area contributed by atoms with Crippen LogP contribution in [-0.4, -0.2) is 19.9 Å². The molecular formula is C22H15FN4OS2. The number of aromatic nitrogens is 4. The summed E-state index contributed by atoms with van der Waals surface area (Å²) >= 11 is 3.09. The largest absolute Gasteiger partial charge is 0.309 e. The van der Waals surface area contributed by atoms with Gasteiger partial charge in [0.25, 0.3) is 5.56 Å². The van der Waals surface area contributed by atoms with Crippen molar-refractivity contribution in [3.05, 3.63) is 82.9 Å². The van der Waals surface area contributed by atoms with Crippen molar-refractivity contribution in [3.63, 3.8) is 0 Å². The second-order valence-corrected chi connectivity index (χ2v) is 9.12. The third-order valence-electron chi connectivity index (χ3n) is 4.71. The smallest absolute Gasteiger partial charge is 0.258 e. The van der Waals surface area contributed by atoms with Gasteiger partial charge in [0.15, 0.2) is 0 Å². The molecule has 148 valence electrons. The fourth-order valence-electron chi connectivity index (χ4n) is 3.19. The van der Waals surface area contributed by atoms with Gasteiger partial charge in [-0.05, 0) is 42.8 Å². The highest BCUT2D eigenvalue weighted by Crippen LogP contribution is 2.41. The number of nitrogens with one attached hydrogen (secondary N) is 1. The summed E-state index contributed by atoms with van der Waals surface area (Å²) < 4.78 is 14.2. The Morgan fingerprint density at radius 1 is 1.07 bits per heavy atom. The van der Waals surface area contributed by atoms with E-state index in [0.717, 1.165) is 25.7 Å². The van der Waals surface area contributed by atoms with E-state index in [4.69, 9.17) is 0 Å². The van der Waals surface area contributed by atoms with Gasteiger partial charge in [-0.15, -0.1) is 11.3 Å². The number of hydrogen-bond acceptors (Lipinski definition) is 6. The van der Waals surface area contributed by atoms with Gasteiger partial charge in [-0.25, -0.2) is 19.3 Å². The molecule has 0 aliphatic carbocycles. The van der Waals surface area contributed by atoms with Crippen LogP contribution in [0.2, 0.25) is 0 Å². The normalized spacial score (nSPS) is 12.5. The van der Waals surface area contributed by atoms with E-state index < -0.39 is 0 Å². The lowest BCUT2D eigenvalue weighted by molar-refractivity contribution is 0.628. The van der Waals surface area contributed by atoms with Crippen molar-refractivity contribution < 1.29 is 4.39 Å². The van der Waals surface area contributed by atoms with Gasteiger partial charge in [-0.2, -0.15) is 0 Å². The van der Waals surface area contributed by atoms with Crippen LogP contribution in [0.4, 0.5) is 4.39 Å². The van der Waals surface area contributed by atoms with Crippen LogP contribution in [-0.2, 0) is 0 Å². The van der Waals surface area contributed by atoms with Crippen LogP contribution in [0.5, 0.6) is 0 Å². The van der Waals surface area contributed by atoms with E-state index in [2.05, 4.69) is 19.9 Å². The second-order valence-electron chi connectivity index (χ2n) is 6.74. The SMILES string of the molecule is CC(Sc1ncnc2cc(-c3ccc(F)cc3)sc12)c1nc2ccccc2c(=O)[nH]1. The zero-order valence-electron chi connectivity index (χ0n) is 15.8. The molecule has 30 heavy (non-hydrogen) atoms. The molecule has 0 radical (unpaired) electrons. The molecular weight excluding hydrogens is 419 g/mol. The van der Waals surface area contributed by atoms with E-state index in [1.54, 1.807) is 29.5 Å². The first-order valence-corrected chi connectivity index (χ1v) is 10.9. The molecule has 0 spiro atoms. The number of fused-ring (bicyclic) bond motifs is 2. The molecule has 1 atom stereocenters. The molecule has 3 heterocycles. The van der Waals surface area contributed by atoms with E-state index in [1.807, 2.05) is 31.2 Å². The minimum absolute atomic E-state index is 0.114. The number of para-hydroxylation sites is 1. The van der Waals surface area contributed by atoms with Crippen molar-refractivity contribution >= 4 is 44.2 Å². The van der Waals surface area contributed by atoms with Crippen molar-refractivity contribution in [1.29, 1.82) is 0 Å². The first kappa shape index (κ1) is 18.9. The fraction of sp³-hybridized carbons (Fsp3) is 0.0909. The molecule has 1 N–H and O–H groups in total. The fourth-order valence-corrected chi connectivity index (χ4v) is 5.34. The number of thiophene rings is 1. The van der Waals surface area contributed by atoms with Crippen LogP contribution in [0.1, 0.15) is 18.0 Å². The van der Waals surface area contributed by atoms with Crippen LogP contribution in [0.25, 0.3) is 31.6 Å².